The molecule has 0 amide bonds. The number of H-pyrrole nitrogens is 1. The third-order valence-electron chi connectivity index (χ3n) is 9.50. The van der Waals surface area contributed by atoms with Gasteiger partial charge in [0, 0.05) is 31.7 Å². The number of nitrogen functional groups attached to an aromatic ring is 1. The van der Waals surface area contributed by atoms with Gasteiger partial charge in [0.1, 0.15) is 23.6 Å². The van der Waals surface area contributed by atoms with Gasteiger partial charge in [-0.2, -0.15) is 0 Å². The molecule has 6 rings (SSSR count). The summed E-state index contributed by atoms with van der Waals surface area (Å²) < 4.78 is 2.12. The molecule has 2 aliphatic rings. The van der Waals surface area contributed by atoms with Crippen LogP contribution in [0.2, 0.25) is 0 Å². The Morgan fingerprint density at radius 1 is 1.10 bits per heavy atom. The lowest BCUT2D eigenvalue weighted by Crippen LogP contribution is -2.48. The number of nitrogens with two attached hydrogens (primary N) is 1. The van der Waals surface area contributed by atoms with Gasteiger partial charge in [-0.25, -0.2) is 15.0 Å². The second-order valence-corrected chi connectivity index (χ2v) is 14.2. The van der Waals surface area contributed by atoms with Crippen molar-refractivity contribution < 1.29 is 5.11 Å². The lowest BCUT2D eigenvalue weighted by molar-refractivity contribution is 0.0498. The first-order valence-electron chi connectivity index (χ1n) is 15.5. The highest BCUT2D eigenvalue weighted by Gasteiger charge is 2.39. The number of aliphatic hydroxyl groups is 1. The maximum atomic E-state index is 11.1. The fourth-order valence-electron chi connectivity index (χ4n) is 7.19. The van der Waals surface area contributed by atoms with E-state index < -0.39 is 0 Å². The van der Waals surface area contributed by atoms with Crippen LogP contribution in [0.15, 0.2) is 36.8 Å². The SMILES string of the molecule is CC(C)CN(C[C@@H]1C[C@@H](O)[C@H](n2ccc3c(N)ncnc32)C1)[C@H]1C[C@H](CCc2nc3cc(C(C)(C)C)ccc3[nH]2)C1. The van der Waals surface area contributed by atoms with E-state index in [1.807, 2.05) is 12.3 Å². The molecule has 0 bridgehead atoms. The van der Waals surface area contributed by atoms with Crippen molar-refractivity contribution in [2.75, 3.05) is 18.8 Å². The molecule has 3 heterocycles. The van der Waals surface area contributed by atoms with Gasteiger partial charge < -0.3 is 20.4 Å². The Morgan fingerprint density at radius 2 is 1.90 bits per heavy atom. The lowest BCUT2D eigenvalue weighted by atomic mass is 9.76. The molecule has 8 nitrogen and oxygen atoms in total. The summed E-state index contributed by atoms with van der Waals surface area (Å²) in [6, 6.07) is 9.29. The van der Waals surface area contributed by atoms with Crippen molar-refractivity contribution in [2.45, 2.75) is 96.7 Å². The molecule has 1 aromatic carbocycles. The van der Waals surface area contributed by atoms with Crippen molar-refractivity contribution in [3.63, 3.8) is 0 Å². The van der Waals surface area contributed by atoms with Gasteiger partial charge >= 0.3 is 0 Å². The van der Waals surface area contributed by atoms with E-state index in [0.717, 1.165) is 66.2 Å². The van der Waals surface area contributed by atoms with Crippen LogP contribution in [0.5, 0.6) is 0 Å². The number of hydrogen-bond acceptors (Lipinski definition) is 6. The van der Waals surface area contributed by atoms with E-state index in [1.54, 1.807) is 0 Å². The number of benzene rings is 1. The van der Waals surface area contributed by atoms with Crippen LogP contribution in [-0.4, -0.2) is 59.7 Å². The molecular weight excluding hydrogens is 510 g/mol. The monoisotopic (exact) mass is 557 g/mol. The Bertz CT molecular complexity index is 1490. The molecule has 0 spiro atoms. The van der Waals surface area contributed by atoms with Crippen LogP contribution in [0.3, 0.4) is 0 Å². The number of imidazole rings is 1. The number of aryl methyl sites for hydroxylation is 1. The van der Waals surface area contributed by atoms with Gasteiger partial charge in [0.2, 0.25) is 0 Å². The first-order chi connectivity index (χ1) is 19.5. The van der Waals surface area contributed by atoms with Crippen LogP contribution in [0, 0.1) is 17.8 Å². The third kappa shape index (κ3) is 5.86. The molecular formula is C33H47N7O. The lowest BCUT2D eigenvalue weighted by Gasteiger charge is -2.45. The number of fused-ring (bicyclic) bond motifs is 2. The number of nitrogens with zero attached hydrogens (tertiary/aromatic N) is 5. The number of aromatic amines is 1. The molecule has 4 aromatic rings. The molecule has 3 aromatic heterocycles. The summed E-state index contributed by atoms with van der Waals surface area (Å²) in [5.41, 5.74) is 10.6. The fourth-order valence-corrected chi connectivity index (χ4v) is 7.19. The van der Waals surface area contributed by atoms with Gasteiger partial charge in [0.05, 0.1) is 28.6 Å². The standard InChI is InChI=1S/C33H47N7O/c1-20(2)17-39(18-22-14-28(29(41)15-22)40-11-10-25-31(34)35-19-36-32(25)40)24-12-21(13-24)6-9-30-37-26-8-7-23(33(3,4)5)16-27(26)38-30/h7-8,10-11,16,19-22,24,28-29,41H,6,9,12-15,17-18H2,1-5H3,(H,37,38)(H2,34,35,36)/t21-,22-,24-,28+,29+/m0/s1. The summed E-state index contributed by atoms with van der Waals surface area (Å²) in [5.74, 6) is 3.46. The summed E-state index contributed by atoms with van der Waals surface area (Å²) in [7, 11) is 0. The van der Waals surface area contributed by atoms with Crippen molar-refractivity contribution >= 4 is 27.9 Å². The minimum Gasteiger partial charge on any atom is -0.391 e. The summed E-state index contributed by atoms with van der Waals surface area (Å²) >= 11 is 0. The first kappa shape index (κ1) is 28.2. The molecule has 0 aliphatic heterocycles. The number of aromatic nitrogens is 5. The third-order valence-corrected chi connectivity index (χ3v) is 9.50. The zero-order valence-electron chi connectivity index (χ0n) is 25.3. The Balaban J connectivity index is 1.04. The highest BCUT2D eigenvalue weighted by atomic mass is 16.3. The molecule has 41 heavy (non-hydrogen) atoms. The van der Waals surface area contributed by atoms with E-state index >= 15 is 0 Å². The molecule has 0 saturated heterocycles. The second-order valence-electron chi connectivity index (χ2n) is 14.2. The van der Waals surface area contributed by atoms with Gasteiger partial charge in [0.25, 0.3) is 0 Å². The molecule has 220 valence electrons. The summed E-state index contributed by atoms with van der Waals surface area (Å²) in [6.45, 7) is 13.6. The van der Waals surface area contributed by atoms with E-state index in [4.69, 9.17) is 10.7 Å². The van der Waals surface area contributed by atoms with Gasteiger partial charge in [-0.1, -0.05) is 40.7 Å². The Kier molecular flexibility index (Phi) is 7.57. The van der Waals surface area contributed by atoms with Gasteiger partial charge in [-0.3, -0.25) is 4.90 Å². The molecule has 2 fully saturated rings. The molecule has 0 radical (unpaired) electrons. The number of anilines is 1. The molecule has 2 saturated carbocycles. The van der Waals surface area contributed by atoms with Crippen molar-refractivity contribution in [1.29, 1.82) is 0 Å². The van der Waals surface area contributed by atoms with Crippen molar-refractivity contribution in [1.82, 2.24) is 29.4 Å². The zero-order valence-corrected chi connectivity index (χ0v) is 25.3. The van der Waals surface area contributed by atoms with E-state index in [-0.39, 0.29) is 17.6 Å². The fraction of sp³-hybridized carbons (Fsp3) is 0.606. The summed E-state index contributed by atoms with van der Waals surface area (Å²) in [5, 5.41) is 11.9. The van der Waals surface area contributed by atoms with Crippen molar-refractivity contribution in [3.8, 4) is 0 Å². The predicted octanol–water partition coefficient (Wildman–Crippen LogP) is 5.87. The smallest absolute Gasteiger partial charge is 0.145 e. The van der Waals surface area contributed by atoms with Crippen LogP contribution in [0.25, 0.3) is 22.1 Å². The van der Waals surface area contributed by atoms with Crippen LogP contribution in [-0.2, 0) is 11.8 Å². The van der Waals surface area contributed by atoms with Crippen molar-refractivity contribution in [2.24, 2.45) is 17.8 Å². The van der Waals surface area contributed by atoms with Gasteiger partial charge in [0.15, 0.2) is 0 Å². The van der Waals surface area contributed by atoms with E-state index in [0.29, 0.717) is 23.7 Å². The minimum absolute atomic E-state index is 0.0325. The molecule has 2 aliphatic carbocycles. The number of hydrogen-bond donors (Lipinski definition) is 3. The van der Waals surface area contributed by atoms with Gasteiger partial charge in [-0.05, 0) is 79.0 Å². The van der Waals surface area contributed by atoms with E-state index in [1.165, 1.54) is 31.2 Å². The van der Waals surface area contributed by atoms with E-state index in [2.05, 4.69) is 77.2 Å². The van der Waals surface area contributed by atoms with Crippen LogP contribution >= 0.6 is 0 Å². The molecule has 4 N–H and O–H groups in total. The number of rotatable bonds is 9. The molecule has 0 unspecified atom stereocenters. The van der Waals surface area contributed by atoms with E-state index in [9.17, 15) is 5.11 Å². The Morgan fingerprint density at radius 3 is 2.66 bits per heavy atom. The average molecular weight is 558 g/mol. The predicted molar refractivity (Wildman–Crippen MR) is 166 cm³/mol. The Hall–Kier alpha value is -2.97. The number of nitrogens with one attached hydrogen (secondary N) is 1. The summed E-state index contributed by atoms with van der Waals surface area (Å²) in [6.07, 6.45) is 9.67. The highest BCUT2D eigenvalue weighted by Crippen LogP contribution is 2.41. The largest absolute Gasteiger partial charge is 0.391 e. The quantitative estimate of drug-likeness (QED) is 0.238. The molecule has 3 atom stereocenters. The number of aliphatic hydroxyl groups excluding tert-OH is 1. The molecule has 8 heteroatoms. The topological polar surface area (TPSA) is 109 Å². The highest BCUT2D eigenvalue weighted by molar-refractivity contribution is 5.86. The van der Waals surface area contributed by atoms with Crippen LogP contribution in [0.4, 0.5) is 5.82 Å². The van der Waals surface area contributed by atoms with Crippen molar-refractivity contribution in [3.05, 3.63) is 48.2 Å². The summed E-state index contributed by atoms with van der Waals surface area (Å²) in [4.78, 5) is 19.8. The average Bonchev–Trinajstić information content (AvgIpc) is 3.58. The van der Waals surface area contributed by atoms with Crippen LogP contribution < -0.4 is 5.73 Å². The normalized spacial score (nSPS) is 25.1. The maximum absolute atomic E-state index is 11.1. The van der Waals surface area contributed by atoms with Gasteiger partial charge in [-0.15, -0.1) is 0 Å². The second kappa shape index (κ2) is 11.0. The maximum Gasteiger partial charge on any atom is 0.145 e. The van der Waals surface area contributed by atoms with Crippen LogP contribution in [0.1, 0.15) is 84.2 Å². The zero-order chi connectivity index (χ0) is 28.9. The first-order valence-corrected chi connectivity index (χ1v) is 15.5. The minimum atomic E-state index is -0.370. The Labute approximate surface area is 243 Å².